The van der Waals surface area contributed by atoms with Crippen LogP contribution in [0.1, 0.15) is 25.1 Å². The topological polar surface area (TPSA) is 99.3 Å². The number of hydrogen-bond acceptors (Lipinski definition) is 6. The van der Waals surface area contributed by atoms with Gasteiger partial charge in [-0.2, -0.15) is 0 Å². The van der Waals surface area contributed by atoms with Gasteiger partial charge < -0.3 is 15.2 Å². The number of H-pyrrole nitrogens is 1. The summed E-state index contributed by atoms with van der Waals surface area (Å²) in [5.41, 5.74) is 6.30. The van der Waals surface area contributed by atoms with Crippen LogP contribution in [0.25, 0.3) is 0 Å². The zero-order chi connectivity index (χ0) is 14.9. The molecular weight excluding hydrogens is 282 g/mol. The Morgan fingerprint density at radius 3 is 3.05 bits per heavy atom. The Hall–Kier alpha value is -1.51. The van der Waals surface area contributed by atoms with Gasteiger partial charge in [-0.25, -0.2) is 0 Å². The normalized spacial score (nSPS) is 25.6. The highest BCUT2D eigenvalue weighted by molar-refractivity contribution is 7.71. The number of aromatic nitrogens is 2. The van der Waals surface area contributed by atoms with Crippen molar-refractivity contribution >= 4 is 18.2 Å². The molecule has 7 nitrogen and oxygen atoms in total. The first-order valence-corrected chi connectivity index (χ1v) is 6.65. The predicted molar refractivity (Wildman–Crippen MR) is 73.8 cm³/mol. The average Bonchev–Trinajstić information content (AvgIpc) is 2.72. The van der Waals surface area contributed by atoms with Gasteiger partial charge in [-0.05, 0) is 19.1 Å². The predicted octanol–water partition coefficient (Wildman–Crippen LogP) is 0.392. The van der Waals surface area contributed by atoms with E-state index < -0.39 is 0 Å². The molecule has 0 aliphatic carbocycles. The van der Waals surface area contributed by atoms with Crippen molar-refractivity contribution in [3.05, 3.63) is 26.9 Å². The molecule has 3 N–H and O–H groups in total. The molecule has 0 aromatic carbocycles. The fourth-order valence-electron chi connectivity index (χ4n) is 2.08. The first-order chi connectivity index (χ1) is 9.38. The van der Waals surface area contributed by atoms with E-state index in [9.17, 15) is 9.59 Å². The summed E-state index contributed by atoms with van der Waals surface area (Å²) >= 11 is 5.12. The second kappa shape index (κ2) is 5.86. The lowest BCUT2D eigenvalue weighted by Gasteiger charge is -2.17. The molecule has 20 heavy (non-hydrogen) atoms. The molecule has 0 unspecified atom stereocenters. The quantitative estimate of drug-likeness (QED) is 0.619. The van der Waals surface area contributed by atoms with Crippen LogP contribution in [0.15, 0.2) is 11.0 Å². The van der Waals surface area contributed by atoms with Crippen molar-refractivity contribution in [3.63, 3.8) is 0 Å². The monoisotopic (exact) mass is 299 g/mol. The van der Waals surface area contributed by atoms with Crippen LogP contribution >= 0.6 is 12.2 Å². The van der Waals surface area contributed by atoms with Crippen LogP contribution in [0, 0.1) is 11.7 Å². The standard InChI is InChI=1S/C12H17N3O4S/c1-6-4-15(12(20)14-11(6)17)10-3-8(13)9(19-10)5-18-7(2)16/h4,8-10H,3,5,13H2,1-2H3,(H,14,17,20)/t8-,9+,10+/m0/s1. The molecule has 0 bridgehead atoms. The number of nitrogens with zero attached hydrogens (tertiary/aromatic N) is 1. The van der Waals surface area contributed by atoms with Crippen molar-refractivity contribution in [1.82, 2.24) is 9.55 Å². The van der Waals surface area contributed by atoms with Crippen LogP contribution in [0.2, 0.25) is 0 Å². The molecule has 1 fully saturated rings. The molecule has 0 saturated carbocycles. The Balaban J connectivity index is 2.16. The summed E-state index contributed by atoms with van der Waals surface area (Å²) in [5.74, 6) is -0.374. The van der Waals surface area contributed by atoms with Crippen molar-refractivity contribution in [1.29, 1.82) is 0 Å². The molecule has 1 aromatic heterocycles. The van der Waals surface area contributed by atoms with E-state index in [0.29, 0.717) is 12.0 Å². The van der Waals surface area contributed by atoms with E-state index in [-0.39, 0.29) is 41.3 Å². The Morgan fingerprint density at radius 1 is 1.70 bits per heavy atom. The van der Waals surface area contributed by atoms with E-state index in [4.69, 9.17) is 27.4 Å². The van der Waals surface area contributed by atoms with Gasteiger partial charge in [0.05, 0.1) is 0 Å². The fourth-order valence-corrected chi connectivity index (χ4v) is 2.35. The molecule has 3 atom stereocenters. The Labute approximate surface area is 120 Å². The number of aryl methyl sites for hydroxylation is 1. The van der Waals surface area contributed by atoms with Crippen molar-refractivity contribution in [3.8, 4) is 0 Å². The number of aromatic amines is 1. The van der Waals surface area contributed by atoms with Gasteiger partial charge in [0.25, 0.3) is 5.56 Å². The smallest absolute Gasteiger partial charge is 0.302 e. The van der Waals surface area contributed by atoms with E-state index in [0.717, 1.165) is 0 Å². The van der Waals surface area contributed by atoms with E-state index in [1.807, 2.05) is 0 Å². The molecule has 0 radical (unpaired) electrons. The number of nitrogens with two attached hydrogens (primary N) is 1. The highest BCUT2D eigenvalue weighted by atomic mass is 32.1. The number of rotatable bonds is 3. The van der Waals surface area contributed by atoms with Crippen molar-refractivity contribution < 1.29 is 14.3 Å². The molecule has 0 spiro atoms. The fraction of sp³-hybridized carbons (Fsp3) is 0.583. The maximum absolute atomic E-state index is 11.5. The van der Waals surface area contributed by atoms with Gasteiger partial charge in [0.1, 0.15) is 18.9 Å². The third-order valence-electron chi connectivity index (χ3n) is 3.19. The van der Waals surface area contributed by atoms with Crippen LogP contribution in [-0.2, 0) is 14.3 Å². The summed E-state index contributed by atoms with van der Waals surface area (Å²) in [6.07, 6.45) is 1.44. The zero-order valence-electron chi connectivity index (χ0n) is 11.3. The summed E-state index contributed by atoms with van der Waals surface area (Å²) in [5, 5.41) is 0. The van der Waals surface area contributed by atoms with Crippen molar-refractivity contribution in [2.45, 2.75) is 38.6 Å². The van der Waals surface area contributed by atoms with E-state index >= 15 is 0 Å². The Bertz CT molecular complexity index is 624. The lowest BCUT2D eigenvalue weighted by molar-refractivity contribution is -0.146. The van der Waals surface area contributed by atoms with Crippen LogP contribution in [-0.4, -0.2) is 34.3 Å². The SMILES string of the molecule is CC(=O)OC[C@H]1O[C@@H](n2cc(C)c(=O)[nH]c2=S)C[C@@H]1N. The molecule has 1 aliphatic heterocycles. The van der Waals surface area contributed by atoms with Crippen LogP contribution in [0.5, 0.6) is 0 Å². The zero-order valence-corrected chi connectivity index (χ0v) is 12.1. The molecule has 1 aliphatic rings. The van der Waals surface area contributed by atoms with Crippen LogP contribution < -0.4 is 11.3 Å². The first kappa shape index (κ1) is 14.9. The second-order valence-electron chi connectivity index (χ2n) is 4.81. The van der Waals surface area contributed by atoms with E-state index in [1.54, 1.807) is 17.7 Å². The van der Waals surface area contributed by atoms with Gasteiger partial charge in [0.2, 0.25) is 0 Å². The van der Waals surface area contributed by atoms with Gasteiger partial charge in [-0.3, -0.25) is 19.1 Å². The summed E-state index contributed by atoms with van der Waals surface area (Å²) in [7, 11) is 0. The maximum atomic E-state index is 11.5. The van der Waals surface area contributed by atoms with Gasteiger partial charge in [0, 0.05) is 31.1 Å². The van der Waals surface area contributed by atoms with Crippen LogP contribution in [0.4, 0.5) is 0 Å². The first-order valence-electron chi connectivity index (χ1n) is 6.25. The van der Waals surface area contributed by atoms with Gasteiger partial charge >= 0.3 is 5.97 Å². The third-order valence-corrected chi connectivity index (χ3v) is 3.50. The van der Waals surface area contributed by atoms with E-state index in [2.05, 4.69) is 4.98 Å². The number of ether oxygens (including phenoxy) is 2. The highest BCUT2D eigenvalue weighted by Gasteiger charge is 2.34. The number of nitrogens with one attached hydrogen (secondary N) is 1. The number of esters is 1. The molecule has 8 heteroatoms. The molecule has 1 aromatic rings. The minimum absolute atomic E-state index is 0.114. The largest absolute Gasteiger partial charge is 0.463 e. The second-order valence-corrected chi connectivity index (χ2v) is 5.20. The Morgan fingerprint density at radius 2 is 2.40 bits per heavy atom. The summed E-state index contributed by atoms with van der Waals surface area (Å²) in [6.45, 7) is 3.14. The van der Waals surface area contributed by atoms with E-state index in [1.165, 1.54) is 6.92 Å². The van der Waals surface area contributed by atoms with Crippen molar-refractivity contribution in [2.75, 3.05) is 6.61 Å². The number of hydrogen-bond donors (Lipinski definition) is 2. The highest BCUT2D eigenvalue weighted by Crippen LogP contribution is 2.27. The summed E-state index contributed by atoms with van der Waals surface area (Å²) in [4.78, 5) is 24.8. The molecular formula is C12H17N3O4S. The summed E-state index contributed by atoms with van der Waals surface area (Å²) < 4.78 is 12.6. The molecule has 2 rings (SSSR count). The third kappa shape index (κ3) is 3.14. The minimum Gasteiger partial charge on any atom is -0.463 e. The summed E-state index contributed by atoms with van der Waals surface area (Å²) in [6, 6.07) is -0.256. The minimum atomic E-state index is -0.377. The molecule has 1 saturated heterocycles. The van der Waals surface area contributed by atoms with Gasteiger partial charge in [0.15, 0.2) is 4.77 Å². The number of carbonyl (C=O) groups is 1. The number of carbonyl (C=O) groups excluding carboxylic acids is 1. The van der Waals surface area contributed by atoms with Gasteiger partial charge in [-0.15, -0.1) is 0 Å². The lowest BCUT2D eigenvalue weighted by Crippen LogP contribution is -2.34. The average molecular weight is 299 g/mol. The van der Waals surface area contributed by atoms with Gasteiger partial charge in [-0.1, -0.05) is 0 Å². The Kier molecular flexibility index (Phi) is 4.36. The molecule has 110 valence electrons. The van der Waals surface area contributed by atoms with Crippen LogP contribution in [0.3, 0.4) is 0 Å². The lowest BCUT2D eigenvalue weighted by atomic mass is 10.1. The molecule has 2 heterocycles. The van der Waals surface area contributed by atoms with Crippen molar-refractivity contribution in [2.24, 2.45) is 5.73 Å². The maximum Gasteiger partial charge on any atom is 0.302 e. The molecule has 0 amide bonds.